The van der Waals surface area contributed by atoms with Crippen molar-refractivity contribution in [1.29, 1.82) is 0 Å². The maximum absolute atomic E-state index is 4.65. The van der Waals surface area contributed by atoms with Gasteiger partial charge >= 0.3 is 0 Å². The van der Waals surface area contributed by atoms with Crippen LogP contribution < -0.4 is 5.32 Å². The van der Waals surface area contributed by atoms with Crippen LogP contribution >= 0.6 is 0 Å². The molecule has 1 aromatic carbocycles. The number of nitrogens with zero attached hydrogens (tertiary/aromatic N) is 2. The molecule has 1 unspecified atom stereocenters. The third kappa shape index (κ3) is 3.10. The summed E-state index contributed by atoms with van der Waals surface area (Å²) in [5, 5.41) is 8.21. The van der Waals surface area contributed by atoms with Gasteiger partial charge < -0.3 is 5.32 Å². The number of hydrogen-bond donors (Lipinski definition) is 1. The summed E-state index contributed by atoms with van der Waals surface area (Å²) in [6, 6.07) is 9.07. The fraction of sp³-hybridized carbons (Fsp3) is 0.471. The topological polar surface area (TPSA) is 29.9 Å². The van der Waals surface area contributed by atoms with Gasteiger partial charge in [0.1, 0.15) is 0 Å². The van der Waals surface area contributed by atoms with Gasteiger partial charge in [-0.05, 0) is 45.4 Å². The van der Waals surface area contributed by atoms with E-state index in [2.05, 4.69) is 74.0 Å². The standard InChI is InChI=1S/C17H25N3/c1-6-18-17(16-9-7-12(2)8-10-16)11-20-15(5)13(3)14(4)19-20/h7-10,17-18H,6,11H2,1-5H3. The van der Waals surface area contributed by atoms with E-state index < -0.39 is 0 Å². The molecule has 0 aliphatic heterocycles. The molecule has 0 radical (unpaired) electrons. The van der Waals surface area contributed by atoms with Gasteiger partial charge in [0.25, 0.3) is 0 Å². The Hall–Kier alpha value is -1.61. The molecule has 0 amide bonds. The zero-order valence-corrected chi connectivity index (χ0v) is 13.2. The Morgan fingerprint density at radius 2 is 1.75 bits per heavy atom. The smallest absolute Gasteiger partial charge is 0.0625 e. The lowest BCUT2D eigenvalue weighted by molar-refractivity contribution is 0.441. The van der Waals surface area contributed by atoms with E-state index in [-0.39, 0.29) is 0 Å². The Morgan fingerprint density at radius 1 is 1.10 bits per heavy atom. The molecule has 2 aromatic rings. The lowest BCUT2D eigenvalue weighted by atomic mass is 10.0. The maximum atomic E-state index is 4.65. The molecule has 108 valence electrons. The highest BCUT2D eigenvalue weighted by Crippen LogP contribution is 2.19. The predicted octanol–water partition coefficient (Wildman–Crippen LogP) is 3.47. The molecule has 2 rings (SSSR count). The van der Waals surface area contributed by atoms with Crippen LogP contribution in [0.3, 0.4) is 0 Å². The van der Waals surface area contributed by atoms with E-state index in [9.17, 15) is 0 Å². The van der Waals surface area contributed by atoms with Crippen molar-refractivity contribution in [3.8, 4) is 0 Å². The molecule has 3 heteroatoms. The van der Waals surface area contributed by atoms with Gasteiger partial charge in [-0.1, -0.05) is 36.8 Å². The van der Waals surface area contributed by atoms with E-state index in [0.29, 0.717) is 6.04 Å². The van der Waals surface area contributed by atoms with Gasteiger partial charge in [0.2, 0.25) is 0 Å². The predicted molar refractivity (Wildman–Crippen MR) is 84.0 cm³/mol. The summed E-state index contributed by atoms with van der Waals surface area (Å²) in [6.07, 6.45) is 0. The first-order valence-electron chi connectivity index (χ1n) is 7.33. The van der Waals surface area contributed by atoms with Crippen molar-refractivity contribution in [3.05, 3.63) is 52.3 Å². The Bertz CT molecular complexity index is 567. The summed E-state index contributed by atoms with van der Waals surface area (Å²) in [5.74, 6) is 0. The number of hydrogen-bond acceptors (Lipinski definition) is 2. The SMILES string of the molecule is CCNC(Cn1nc(C)c(C)c1C)c1ccc(C)cc1. The van der Waals surface area contributed by atoms with E-state index in [1.54, 1.807) is 0 Å². The molecule has 0 aliphatic rings. The van der Waals surface area contributed by atoms with Gasteiger partial charge in [0.15, 0.2) is 0 Å². The van der Waals surface area contributed by atoms with Crippen LogP contribution in [0, 0.1) is 27.7 Å². The summed E-state index contributed by atoms with van der Waals surface area (Å²) < 4.78 is 2.12. The van der Waals surface area contributed by atoms with E-state index in [4.69, 9.17) is 0 Å². The van der Waals surface area contributed by atoms with Crippen molar-refractivity contribution in [1.82, 2.24) is 15.1 Å². The first-order chi connectivity index (χ1) is 9.52. The average molecular weight is 271 g/mol. The summed E-state index contributed by atoms with van der Waals surface area (Å²) in [5.41, 5.74) is 6.30. The number of benzene rings is 1. The molecule has 1 N–H and O–H groups in total. The van der Waals surface area contributed by atoms with Crippen LogP contribution in [-0.4, -0.2) is 16.3 Å². The van der Waals surface area contributed by atoms with Crippen LogP contribution in [0.15, 0.2) is 24.3 Å². The molecule has 0 bridgehead atoms. The summed E-state index contributed by atoms with van der Waals surface area (Å²) >= 11 is 0. The van der Waals surface area contributed by atoms with E-state index in [1.807, 2.05) is 0 Å². The highest BCUT2D eigenvalue weighted by Gasteiger charge is 2.14. The van der Waals surface area contributed by atoms with Gasteiger partial charge in [-0.3, -0.25) is 4.68 Å². The molecular formula is C17H25N3. The molecular weight excluding hydrogens is 246 g/mol. The quantitative estimate of drug-likeness (QED) is 0.902. The number of aromatic nitrogens is 2. The van der Waals surface area contributed by atoms with Gasteiger partial charge in [0, 0.05) is 5.69 Å². The second-order valence-electron chi connectivity index (χ2n) is 5.50. The highest BCUT2D eigenvalue weighted by molar-refractivity contribution is 5.25. The number of aryl methyl sites for hydroxylation is 2. The highest BCUT2D eigenvalue weighted by atomic mass is 15.3. The normalized spacial score (nSPS) is 12.7. The molecule has 0 aliphatic carbocycles. The van der Waals surface area contributed by atoms with Crippen molar-refractivity contribution in [3.63, 3.8) is 0 Å². The lowest BCUT2D eigenvalue weighted by Gasteiger charge is -2.19. The molecule has 20 heavy (non-hydrogen) atoms. The summed E-state index contributed by atoms with van der Waals surface area (Å²) in [6.45, 7) is 12.5. The molecule has 0 fully saturated rings. The van der Waals surface area contributed by atoms with Crippen LogP contribution in [0.4, 0.5) is 0 Å². The van der Waals surface area contributed by atoms with Crippen molar-refractivity contribution in [2.45, 2.75) is 47.2 Å². The van der Waals surface area contributed by atoms with Crippen molar-refractivity contribution >= 4 is 0 Å². The van der Waals surface area contributed by atoms with Crippen LogP contribution in [0.5, 0.6) is 0 Å². The zero-order valence-electron chi connectivity index (χ0n) is 13.2. The second-order valence-corrected chi connectivity index (χ2v) is 5.50. The summed E-state index contributed by atoms with van der Waals surface area (Å²) in [4.78, 5) is 0. The minimum Gasteiger partial charge on any atom is -0.309 e. The Kier molecular flexibility index (Phi) is 4.61. The molecule has 0 saturated carbocycles. The van der Waals surface area contributed by atoms with Crippen molar-refractivity contribution in [2.75, 3.05) is 6.54 Å². The monoisotopic (exact) mass is 271 g/mol. The second kappa shape index (κ2) is 6.23. The minimum atomic E-state index is 0.304. The van der Waals surface area contributed by atoms with Crippen LogP contribution in [0.25, 0.3) is 0 Å². The molecule has 1 heterocycles. The average Bonchev–Trinajstić information content (AvgIpc) is 2.67. The Balaban J connectivity index is 2.25. The van der Waals surface area contributed by atoms with Gasteiger partial charge in [-0.25, -0.2) is 0 Å². The van der Waals surface area contributed by atoms with Gasteiger partial charge in [-0.2, -0.15) is 5.10 Å². The Labute approximate surface area is 122 Å². The first kappa shape index (κ1) is 14.8. The van der Waals surface area contributed by atoms with Crippen LogP contribution in [-0.2, 0) is 6.54 Å². The van der Waals surface area contributed by atoms with E-state index in [0.717, 1.165) is 18.8 Å². The van der Waals surface area contributed by atoms with E-state index >= 15 is 0 Å². The fourth-order valence-corrected chi connectivity index (χ4v) is 2.47. The third-order valence-electron chi connectivity index (χ3n) is 4.03. The number of rotatable bonds is 5. The molecule has 3 nitrogen and oxygen atoms in total. The van der Waals surface area contributed by atoms with Crippen LogP contribution in [0.1, 0.15) is 41.0 Å². The number of likely N-dealkylation sites (N-methyl/N-ethyl adjacent to an activating group) is 1. The minimum absolute atomic E-state index is 0.304. The maximum Gasteiger partial charge on any atom is 0.0625 e. The fourth-order valence-electron chi connectivity index (χ4n) is 2.47. The third-order valence-corrected chi connectivity index (χ3v) is 4.03. The molecule has 1 aromatic heterocycles. The van der Waals surface area contributed by atoms with Crippen molar-refractivity contribution < 1.29 is 0 Å². The van der Waals surface area contributed by atoms with Gasteiger partial charge in [0.05, 0.1) is 18.3 Å². The van der Waals surface area contributed by atoms with Crippen LogP contribution in [0.2, 0.25) is 0 Å². The van der Waals surface area contributed by atoms with Crippen molar-refractivity contribution in [2.24, 2.45) is 0 Å². The molecule has 0 spiro atoms. The van der Waals surface area contributed by atoms with E-state index in [1.165, 1.54) is 22.4 Å². The number of nitrogens with one attached hydrogen (secondary N) is 1. The molecule has 0 saturated heterocycles. The molecule has 1 atom stereocenters. The Morgan fingerprint density at radius 3 is 2.25 bits per heavy atom. The first-order valence-corrected chi connectivity index (χ1v) is 7.33. The summed E-state index contributed by atoms with van der Waals surface area (Å²) in [7, 11) is 0. The largest absolute Gasteiger partial charge is 0.309 e. The lowest BCUT2D eigenvalue weighted by Crippen LogP contribution is -2.26. The van der Waals surface area contributed by atoms with Gasteiger partial charge in [-0.15, -0.1) is 0 Å². The zero-order chi connectivity index (χ0) is 14.7.